The van der Waals surface area contributed by atoms with Crippen molar-refractivity contribution in [2.24, 2.45) is 5.92 Å². The molecule has 4 nitrogen and oxygen atoms in total. The van der Waals surface area contributed by atoms with Crippen molar-refractivity contribution in [3.8, 4) is 6.07 Å². The third-order valence-corrected chi connectivity index (χ3v) is 3.05. The maximum absolute atomic E-state index is 8.83. The summed E-state index contributed by atoms with van der Waals surface area (Å²) in [5, 5.41) is 11.8. The summed E-state index contributed by atoms with van der Waals surface area (Å²) in [7, 11) is 1.86. The van der Waals surface area contributed by atoms with E-state index in [9.17, 15) is 0 Å². The molecule has 0 spiro atoms. The number of hydrogen-bond acceptors (Lipinski definition) is 4. The van der Waals surface area contributed by atoms with Crippen molar-refractivity contribution < 1.29 is 0 Å². The van der Waals surface area contributed by atoms with Crippen LogP contribution >= 0.6 is 0 Å². The second-order valence-corrected chi connectivity index (χ2v) is 4.04. The van der Waals surface area contributed by atoms with Crippen molar-refractivity contribution in [3.63, 3.8) is 0 Å². The van der Waals surface area contributed by atoms with Crippen molar-refractivity contribution in [1.29, 1.82) is 5.26 Å². The number of pyridine rings is 1. The Morgan fingerprint density at radius 3 is 2.69 bits per heavy atom. The molecule has 84 valence electrons. The van der Waals surface area contributed by atoms with Gasteiger partial charge in [0.25, 0.3) is 0 Å². The van der Waals surface area contributed by atoms with Crippen LogP contribution in [0.2, 0.25) is 0 Å². The summed E-state index contributed by atoms with van der Waals surface area (Å²) in [6.07, 6.45) is 3.81. The van der Waals surface area contributed by atoms with Gasteiger partial charge in [-0.05, 0) is 25.0 Å². The van der Waals surface area contributed by atoms with E-state index < -0.39 is 0 Å². The second kappa shape index (κ2) is 4.84. The molecule has 1 aromatic rings. The first-order valence-corrected chi connectivity index (χ1v) is 5.62. The fourth-order valence-electron chi connectivity index (χ4n) is 1.99. The number of anilines is 2. The van der Waals surface area contributed by atoms with Crippen LogP contribution < -0.4 is 10.2 Å². The summed E-state index contributed by atoms with van der Waals surface area (Å²) in [6.45, 7) is 1.91. The van der Waals surface area contributed by atoms with Gasteiger partial charge in [0.2, 0.25) is 0 Å². The molecular formula is C12H16N4. The summed E-state index contributed by atoms with van der Waals surface area (Å²) in [5.41, 5.74) is 1.15. The van der Waals surface area contributed by atoms with Crippen LogP contribution in [0.5, 0.6) is 0 Å². The molecule has 1 fully saturated rings. The van der Waals surface area contributed by atoms with Gasteiger partial charge in [-0.2, -0.15) is 5.26 Å². The van der Waals surface area contributed by atoms with E-state index in [2.05, 4.69) is 27.3 Å². The van der Waals surface area contributed by atoms with Gasteiger partial charge in [-0.15, -0.1) is 0 Å². The van der Waals surface area contributed by atoms with Crippen LogP contribution in [0.25, 0.3) is 0 Å². The van der Waals surface area contributed by atoms with Crippen LogP contribution in [-0.2, 0) is 0 Å². The lowest BCUT2D eigenvalue weighted by Gasteiger charge is -2.30. The highest BCUT2D eigenvalue weighted by atomic mass is 15.1. The van der Waals surface area contributed by atoms with E-state index in [1.165, 1.54) is 0 Å². The summed E-state index contributed by atoms with van der Waals surface area (Å²) >= 11 is 0. The summed E-state index contributed by atoms with van der Waals surface area (Å²) in [6, 6.07) is 6.39. The van der Waals surface area contributed by atoms with Crippen LogP contribution in [0.1, 0.15) is 12.8 Å². The molecule has 0 aromatic carbocycles. The van der Waals surface area contributed by atoms with Crippen LogP contribution in [0.3, 0.4) is 0 Å². The van der Waals surface area contributed by atoms with Crippen molar-refractivity contribution in [1.82, 2.24) is 4.98 Å². The molecule has 2 heterocycles. The Morgan fingerprint density at radius 1 is 1.44 bits per heavy atom. The monoisotopic (exact) mass is 216 g/mol. The average Bonchev–Trinajstić information content (AvgIpc) is 2.39. The maximum atomic E-state index is 8.83. The number of nitrogens with zero attached hydrogens (tertiary/aromatic N) is 3. The quantitative estimate of drug-likeness (QED) is 0.820. The fraction of sp³-hybridized carbons (Fsp3) is 0.500. The van der Waals surface area contributed by atoms with Gasteiger partial charge in [0.05, 0.1) is 18.0 Å². The highest BCUT2D eigenvalue weighted by molar-refractivity contribution is 5.49. The second-order valence-electron chi connectivity index (χ2n) is 4.04. The van der Waals surface area contributed by atoms with Crippen LogP contribution in [0.15, 0.2) is 18.3 Å². The van der Waals surface area contributed by atoms with Gasteiger partial charge in [-0.1, -0.05) is 0 Å². The van der Waals surface area contributed by atoms with E-state index in [0.717, 1.165) is 37.4 Å². The van der Waals surface area contributed by atoms with E-state index in [1.807, 2.05) is 19.3 Å². The zero-order valence-corrected chi connectivity index (χ0v) is 9.48. The Labute approximate surface area is 95.9 Å². The number of aromatic nitrogens is 1. The van der Waals surface area contributed by atoms with Gasteiger partial charge < -0.3 is 10.2 Å². The van der Waals surface area contributed by atoms with E-state index in [1.54, 1.807) is 0 Å². The zero-order chi connectivity index (χ0) is 11.4. The third-order valence-electron chi connectivity index (χ3n) is 3.05. The SMILES string of the molecule is CNc1ccc(N2CCC(C#N)CC2)cn1. The molecule has 1 N–H and O–H groups in total. The van der Waals surface area contributed by atoms with Gasteiger partial charge in [-0.25, -0.2) is 4.98 Å². The van der Waals surface area contributed by atoms with Crippen LogP contribution in [0, 0.1) is 17.2 Å². The highest BCUT2D eigenvalue weighted by Gasteiger charge is 2.18. The Kier molecular flexibility index (Phi) is 3.25. The van der Waals surface area contributed by atoms with Crippen molar-refractivity contribution >= 4 is 11.5 Å². The fourth-order valence-corrected chi connectivity index (χ4v) is 1.99. The predicted octanol–water partition coefficient (Wildman–Crippen LogP) is 1.86. The lowest BCUT2D eigenvalue weighted by Crippen LogP contribution is -2.33. The smallest absolute Gasteiger partial charge is 0.125 e. The number of hydrogen-bond donors (Lipinski definition) is 1. The van der Waals surface area contributed by atoms with E-state index in [-0.39, 0.29) is 5.92 Å². The van der Waals surface area contributed by atoms with Crippen molar-refractivity contribution in [2.75, 3.05) is 30.4 Å². The molecule has 1 saturated heterocycles. The first-order valence-electron chi connectivity index (χ1n) is 5.62. The van der Waals surface area contributed by atoms with Crippen LogP contribution in [0.4, 0.5) is 11.5 Å². The van der Waals surface area contributed by atoms with Gasteiger partial charge in [-0.3, -0.25) is 0 Å². The maximum Gasteiger partial charge on any atom is 0.125 e. The standard InChI is InChI=1S/C12H16N4/c1-14-12-3-2-11(9-15-12)16-6-4-10(8-13)5-7-16/h2-3,9-10H,4-7H2,1H3,(H,14,15). The first kappa shape index (κ1) is 10.7. The van der Waals surface area contributed by atoms with E-state index >= 15 is 0 Å². The topological polar surface area (TPSA) is 52.0 Å². The zero-order valence-electron chi connectivity index (χ0n) is 9.48. The minimum absolute atomic E-state index is 0.237. The molecule has 1 aliphatic heterocycles. The average molecular weight is 216 g/mol. The Balaban J connectivity index is 2.00. The molecule has 0 unspecified atom stereocenters. The highest BCUT2D eigenvalue weighted by Crippen LogP contribution is 2.22. The molecular weight excluding hydrogens is 200 g/mol. The van der Waals surface area contributed by atoms with Crippen molar-refractivity contribution in [3.05, 3.63) is 18.3 Å². The summed E-state index contributed by atoms with van der Waals surface area (Å²) in [5.74, 6) is 1.12. The Bertz CT molecular complexity index is 371. The van der Waals surface area contributed by atoms with Gasteiger partial charge in [0.1, 0.15) is 5.82 Å². The molecule has 16 heavy (non-hydrogen) atoms. The molecule has 4 heteroatoms. The number of nitriles is 1. The minimum Gasteiger partial charge on any atom is -0.373 e. The Hall–Kier alpha value is -1.76. The summed E-state index contributed by atoms with van der Waals surface area (Å²) < 4.78 is 0. The van der Waals surface area contributed by atoms with Gasteiger partial charge >= 0.3 is 0 Å². The minimum atomic E-state index is 0.237. The molecule has 0 atom stereocenters. The van der Waals surface area contributed by atoms with E-state index in [0.29, 0.717) is 0 Å². The number of nitrogens with one attached hydrogen (secondary N) is 1. The normalized spacial score (nSPS) is 16.9. The number of piperidine rings is 1. The van der Waals surface area contributed by atoms with Crippen LogP contribution in [-0.4, -0.2) is 25.1 Å². The van der Waals surface area contributed by atoms with Crippen molar-refractivity contribution in [2.45, 2.75) is 12.8 Å². The van der Waals surface area contributed by atoms with E-state index in [4.69, 9.17) is 5.26 Å². The third kappa shape index (κ3) is 2.25. The molecule has 0 amide bonds. The lowest BCUT2D eigenvalue weighted by molar-refractivity contribution is 0.487. The van der Waals surface area contributed by atoms with Gasteiger partial charge in [0, 0.05) is 26.1 Å². The molecule has 1 aromatic heterocycles. The lowest BCUT2D eigenvalue weighted by atomic mass is 9.98. The molecule has 0 saturated carbocycles. The molecule has 0 aliphatic carbocycles. The summed E-state index contributed by atoms with van der Waals surface area (Å²) in [4.78, 5) is 6.59. The molecule has 2 rings (SSSR count). The predicted molar refractivity (Wildman–Crippen MR) is 64.3 cm³/mol. The molecule has 1 aliphatic rings. The molecule has 0 radical (unpaired) electrons. The Morgan fingerprint density at radius 2 is 2.19 bits per heavy atom. The van der Waals surface area contributed by atoms with Gasteiger partial charge in [0.15, 0.2) is 0 Å². The largest absolute Gasteiger partial charge is 0.373 e. The first-order chi connectivity index (χ1) is 7.83. The number of rotatable bonds is 2. The molecule has 0 bridgehead atoms.